The number of morpholine rings is 1. The fourth-order valence-electron chi connectivity index (χ4n) is 2.95. The molecule has 1 fully saturated rings. The number of hydrogen-bond acceptors (Lipinski definition) is 5. The van der Waals surface area contributed by atoms with Crippen molar-refractivity contribution >= 4 is 17.2 Å². The maximum atomic E-state index is 12.3. The summed E-state index contributed by atoms with van der Waals surface area (Å²) in [5.41, 5.74) is 2.07. The Morgan fingerprint density at radius 2 is 2.08 bits per heavy atom. The average Bonchev–Trinajstić information content (AvgIpc) is 3.02. The van der Waals surface area contributed by atoms with Gasteiger partial charge in [-0.15, -0.1) is 11.3 Å². The van der Waals surface area contributed by atoms with Gasteiger partial charge in [0.2, 0.25) is 5.91 Å². The molecule has 2 aromatic rings. The zero-order valence-electron chi connectivity index (χ0n) is 13.9. The van der Waals surface area contributed by atoms with Crippen molar-refractivity contribution in [2.75, 3.05) is 32.8 Å². The minimum atomic E-state index is 0.0227. The van der Waals surface area contributed by atoms with E-state index >= 15 is 0 Å². The molecule has 0 bridgehead atoms. The highest BCUT2D eigenvalue weighted by molar-refractivity contribution is 7.09. The van der Waals surface area contributed by atoms with Crippen LogP contribution in [0.2, 0.25) is 0 Å². The third kappa shape index (κ3) is 4.63. The lowest BCUT2D eigenvalue weighted by Gasteiger charge is -2.34. The number of nitrogens with zero attached hydrogens (tertiary/aromatic N) is 2. The molecule has 1 aromatic heterocycles. The Morgan fingerprint density at radius 1 is 1.33 bits per heavy atom. The molecule has 5 nitrogen and oxygen atoms in total. The Morgan fingerprint density at radius 3 is 2.75 bits per heavy atom. The van der Waals surface area contributed by atoms with Crippen molar-refractivity contribution in [1.82, 2.24) is 15.2 Å². The molecule has 24 heavy (non-hydrogen) atoms. The van der Waals surface area contributed by atoms with E-state index in [4.69, 9.17) is 4.74 Å². The predicted molar refractivity (Wildman–Crippen MR) is 95.1 cm³/mol. The molecule has 0 saturated carbocycles. The molecular weight excluding hydrogens is 322 g/mol. The normalized spacial score (nSPS) is 16.7. The van der Waals surface area contributed by atoms with Gasteiger partial charge in [-0.3, -0.25) is 9.69 Å². The van der Waals surface area contributed by atoms with Crippen molar-refractivity contribution in [3.63, 3.8) is 0 Å². The number of thiazole rings is 1. The van der Waals surface area contributed by atoms with Crippen LogP contribution in [0.5, 0.6) is 0 Å². The maximum absolute atomic E-state index is 12.3. The first-order valence-electron chi connectivity index (χ1n) is 8.27. The Hall–Kier alpha value is -1.76. The van der Waals surface area contributed by atoms with E-state index in [0.29, 0.717) is 13.0 Å². The molecule has 1 aliphatic heterocycles. The van der Waals surface area contributed by atoms with Gasteiger partial charge in [0, 0.05) is 25.0 Å². The summed E-state index contributed by atoms with van der Waals surface area (Å²) < 4.78 is 5.46. The molecule has 1 unspecified atom stereocenters. The molecule has 0 aliphatic carbocycles. The van der Waals surface area contributed by atoms with Gasteiger partial charge in [0.05, 0.1) is 36.4 Å². The van der Waals surface area contributed by atoms with Crippen LogP contribution in [0.4, 0.5) is 0 Å². The van der Waals surface area contributed by atoms with Crippen LogP contribution in [0, 0.1) is 6.92 Å². The van der Waals surface area contributed by atoms with E-state index in [1.54, 1.807) is 11.3 Å². The summed E-state index contributed by atoms with van der Waals surface area (Å²) in [5, 5.41) is 6.02. The zero-order chi connectivity index (χ0) is 16.8. The van der Waals surface area contributed by atoms with E-state index in [1.807, 2.05) is 30.5 Å². The van der Waals surface area contributed by atoms with Crippen molar-refractivity contribution in [1.29, 1.82) is 0 Å². The third-order valence-electron chi connectivity index (χ3n) is 4.17. The van der Waals surface area contributed by atoms with Gasteiger partial charge >= 0.3 is 0 Å². The van der Waals surface area contributed by atoms with E-state index in [-0.39, 0.29) is 11.9 Å². The third-order valence-corrected chi connectivity index (χ3v) is 4.99. The van der Waals surface area contributed by atoms with Crippen LogP contribution in [0.3, 0.4) is 0 Å². The zero-order valence-corrected chi connectivity index (χ0v) is 14.7. The smallest absolute Gasteiger partial charge is 0.226 e. The summed E-state index contributed by atoms with van der Waals surface area (Å²) in [7, 11) is 0. The molecule has 1 saturated heterocycles. The average molecular weight is 345 g/mol. The number of amides is 1. The van der Waals surface area contributed by atoms with Crippen molar-refractivity contribution in [2.45, 2.75) is 19.4 Å². The first-order chi connectivity index (χ1) is 11.7. The minimum absolute atomic E-state index is 0.0227. The van der Waals surface area contributed by atoms with Crippen LogP contribution < -0.4 is 5.32 Å². The van der Waals surface area contributed by atoms with Gasteiger partial charge in [-0.1, -0.05) is 30.3 Å². The number of aromatic nitrogens is 1. The second kappa shape index (κ2) is 8.37. The van der Waals surface area contributed by atoms with Crippen LogP contribution in [0.1, 0.15) is 22.3 Å². The summed E-state index contributed by atoms with van der Waals surface area (Å²) in [6.45, 7) is 5.83. The molecule has 1 N–H and O–H groups in total. The maximum Gasteiger partial charge on any atom is 0.226 e. The SMILES string of the molecule is Cc1nc(CC(=O)NCC(c2ccccc2)N2CCOCC2)cs1. The van der Waals surface area contributed by atoms with Crippen molar-refractivity contribution in [3.8, 4) is 0 Å². The Labute approximate surface area is 146 Å². The lowest BCUT2D eigenvalue weighted by atomic mass is 10.0. The van der Waals surface area contributed by atoms with Crippen LogP contribution >= 0.6 is 11.3 Å². The summed E-state index contributed by atoms with van der Waals surface area (Å²) in [6, 6.07) is 10.5. The second-order valence-electron chi connectivity index (χ2n) is 5.91. The van der Waals surface area contributed by atoms with Gasteiger partial charge in [-0.2, -0.15) is 0 Å². The standard InChI is InChI=1S/C18H23N3O2S/c1-14-20-16(13-24-14)11-18(22)19-12-17(15-5-3-2-4-6-15)21-7-9-23-10-8-21/h2-6,13,17H,7-12H2,1H3,(H,19,22). The quantitative estimate of drug-likeness (QED) is 0.872. The molecule has 0 spiro atoms. The van der Waals surface area contributed by atoms with Crippen LogP contribution in [0.25, 0.3) is 0 Å². The monoisotopic (exact) mass is 345 g/mol. The van der Waals surface area contributed by atoms with Crippen LogP contribution in [0.15, 0.2) is 35.7 Å². The topological polar surface area (TPSA) is 54.5 Å². The first kappa shape index (κ1) is 17.1. The van der Waals surface area contributed by atoms with Gasteiger partial charge < -0.3 is 10.1 Å². The van der Waals surface area contributed by atoms with E-state index in [2.05, 4.69) is 27.3 Å². The summed E-state index contributed by atoms with van der Waals surface area (Å²) in [6.07, 6.45) is 0.342. The summed E-state index contributed by atoms with van der Waals surface area (Å²) in [4.78, 5) is 19.0. The van der Waals surface area contributed by atoms with E-state index in [1.165, 1.54) is 5.56 Å². The fourth-order valence-corrected chi connectivity index (χ4v) is 3.56. The largest absolute Gasteiger partial charge is 0.379 e. The molecule has 1 amide bonds. The fraction of sp³-hybridized carbons (Fsp3) is 0.444. The number of carbonyl (C=O) groups is 1. The Bertz CT molecular complexity index is 653. The number of ether oxygens (including phenoxy) is 1. The number of carbonyl (C=O) groups excluding carboxylic acids is 1. The lowest BCUT2D eigenvalue weighted by Crippen LogP contribution is -2.44. The van der Waals surface area contributed by atoms with Gasteiger partial charge in [0.1, 0.15) is 0 Å². The highest BCUT2D eigenvalue weighted by atomic mass is 32.1. The first-order valence-corrected chi connectivity index (χ1v) is 9.15. The van der Waals surface area contributed by atoms with Crippen molar-refractivity contribution in [2.24, 2.45) is 0 Å². The molecule has 1 aliphatic rings. The molecule has 2 heterocycles. The van der Waals surface area contributed by atoms with Gasteiger partial charge in [-0.25, -0.2) is 4.98 Å². The van der Waals surface area contributed by atoms with E-state index in [0.717, 1.165) is 37.0 Å². The second-order valence-corrected chi connectivity index (χ2v) is 6.98. The minimum Gasteiger partial charge on any atom is -0.379 e. The van der Waals surface area contributed by atoms with E-state index in [9.17, 15) is 4.79 Å². The molecule has 128 valence electrons. The molecule has 3 rings (SSSR count). The molecule has 0 radical (unpaired) electrons. The van der Waals surface area contributed by atoms with Crippen molar-refractivity contribution < 1.29 is 9.53 Å². The Kier molecular flexibility index (Phi) is 5.96. The van der Waals surface area contributed by atoms with Crippen LogP contribution in [-0.2, 0) is 16.0 Å². The highest BCUT2D eigenvalue weighted by Crippen LogP contribution is 2.21. The number of benzene rings is 1. The molecular formula is C18H23N3O2S. The number of aryl methyl sites for hydroxylation is 1. The summed E-state index contributed by atoms with van der Waals surface area (Å²) in [5.74, 6) is 0.0227. The highest BCUT2D eigenvalue weighted by Gasteiger charge is 2.23. The molecule has 1 atom stereocenters. The van der Waals surface area contributed by atoms with Crippen LogP contribution in [-0.4, -0.2) is 48.6 Å². The molecule has 1 aromatic carbocycles. The predicted octanol–water partition coefficient (Wildman–Crippen LogP) is 2.18. The lowest BCUT2D eigenvalue weighted by molar-refractivity contribution is -0.120. The van der Waals surface area contributed by atoms with Gasteiger partial charge in [0.25, 0.3) is 0 Å². The Balaban J connectivity index is 1.62. The number of nitrogens with one attached hydrogen (secondary N) is 1. The van der Waals surface area contributed by atoms with Gasteiger partial charge in [-0.05, 0) is 12.5 Å². The van der Waals surface area contributed by atoms with Gasteiger partial charge in [0.15, 0.2) is 0 Å². The number of rotatable bonds is 6. The summed E-state index contributed by atoms with van der Waals surface area (Å²) >= 11 is 1.58. The van der Waals surface area contributed by atoms with Crippen molar-refractivity contribution in [3.05, 3.63) is 52.0 Å². The van der Waals surface area contributed by atoms with E-state index < -0.39 is 0 Å². The molecule has 6 heteroatoms. The number of hydrogen-bond donors (Lipinski definition) is 1.